The Labute approximate surface area is 129 Å². The molecule has 0 aromatic carbocycles. The first-order valence-corrected chi connectivity index (χ1v) is 9.83. The minimum atomic E-state index is -3.04. The van der Waals surface area contributed by atoms with E-state index in [0.29, 0.717) is 19.0 Å². The molecule has 21 heavy (non-hydrogen) atoms. The van der Waals surface area contributed by atoms with Gasteiger partial charge in [0, 0.05) is 26.7 Å². The Morgan fingerprint density at radius 1 is 1.10 bits per heavy atom. The normalized spacial score (nSPS) is 23.5. The first-order chi connectivity index (χ1) is 10.1. The molecule has 0 aromatic heterocycles. The highest BCUT2D eigenvalue weighted by Gasteiger charge is 2.34. The summed E-state index contributed by atoms with van der Waals surface area (Å²) in [6, 6.07) is 0. The number of hydrogen-bond acceptors (Lipinski definition) is 4. The molecule has 0 bridgehead atoms. The molecule has 0 unspecified atom stereocenters. The minimum absolute atomic E-state index is 0.109. The van der Waals surface area contributed by atoms with Gasteiger partial charge in [0.2, 0.25) is 10.0 Å². The minimum Gasteiger partial charge on any atom is -0.383 e. The Morgan fingerprint density at radius 2 is 1.76 bits per heavy atom. The number of hydrogen-bond donors (Lipinski definition) is 1. The van der Waals surface area contributed by atoms with E-state index in [4.69, 9.17) is 4.74 Å². The lowest BCUT2D eigenvalue weighted by Crippen LogP contribution is -2.45. The number of methoxy groups -OCH3 is 1. The predicted octanol–water partition coefficient (Wildman–Crippen LogP) is 1.60. The van der Waals surface area contributed by atoms with Crippen LogP contribution in [0.2, 0.25) is 0 Å². The highest BCUT2D eigenvalue weighted by atomic mass is 32.2. The van der Waals surface area contributed by atoms with Crippen LogP contribution in [0.3, 0.4) is 0 Å². The fraction of sp³-hybridized carbons (Fsp3) is 1.00. The Morgan fingerprint density at radius 3 is 2.38 bits per heavy atom. The maximum absolute atomic E-state index is 12.6. The van der Waals surface area contributed by atoms with Gasteiger partial charge in [-0.15, -0.1) is 0 Å². The molecule has 1 heterocycles. The van der Waals surface area contributed by atoms with Crippen LogP contribution in [-0.4, -0.2) is 57.9 Å². The highest BCUT2D eigenvalue weighted by molar-refractivity contribution is 7.89. The van der Waals surface area contributed by atoms with E-state index in [0.717, 1.165) is 58.2 Å². The van der Waals surface area contributed by atoms with E-state index in [1.807, 2.05) is 0 Å². The van der Waals surface area contributed by atoms with Crippen LogP contribution in [0.15, 0.2) is 0 Å². The van der Waals surface area contributed by atoms with Gasteiger partial charge in [0.25, 0.3) is 0 Å². The van der Waals surface area contributed by atoms with E-state index in [1.165, 1.54) is 6.42 Å². The second-order valence-corrected chi connectivity index (χ2v) is 8.56. The van der Waals surface area contributed by atoms with Gasteiger partial charge in [-0.25, -0.2) is 12.7 Å². The lowest BCUT2D eigenvalue weighted by Gasteiger charge is -2.35. The van der Waals surface area contributed by atoms with Crippen molar-refractivity contribution >= 4 is 10.0 Å². The molecule has 124 valence electrons. The van der Waals surface area contributed by atoms with Crippen molar-refractivity contribution in [2.75, 3.05) is 39.9 Å². The van der Waals surface area contributed by atoms with Crippen molar-refractivity contribution in [3.63, 3.8) is 0 Å². The number of ether oxygens (including phenoxy) is 1. The summed E-state index contributed by atoms with van der Waals surface area (Å²) in [5.74, 6) is 0.597. The van der Waals surface area contributed by atoms with Gasteiger partial charge in [-0.3, -0.25) is 0 Å². The molecule has 0 amide bonds. The average Bonchev–Trinajstić information content (AvgIpc) is 2.53. The maximum Gasteiger partial charge on any atom is 0.216 e. The van der Waals surface area contributed by atoms with Crippen LogP contribution in [0.1, 0.15) is 44.9 Å². The molecule has 0 aromatic rings. The zero-order chi connectivity index (χ0) is 15.1. The van der Waals surface area contributed by atoms with Crippen molar-refractivity contribution in [1.29, 1.82) is 0 Å². The summed E-state index contributed by atoms with van der Waals surface area (Å²) in [6.07, 6.45) is 7.02. The van der Waals surface area contributed by atoms with E-state index in [1.54, 1.807) is 11.4 Å². The third kappa shape index (κ3) is 4.91. The number of rotatable bonds is 7. The lowest BCUT2D eigenvalue weighted by atomic mass is 9.98. The number of nitrogens with one attached hydrogen (secondary N) is 1. The summed E-state index contributed by atoms with van der Waals surface area (Å²) in [5, 5.41) is 3.27. The highest BCUT2D eigenvalue weighted by Crippen LogP contribution is 2.28. The van der Waals surface area contributed by atoms with Crippen LogP contribution >= 0.6 is 0 Å². The van der Waals surface area contributed by atoms with E-state index in [2.05, 4.69) is 5.32 Å². The summed E-state index contributed by atoms with van der Waals surface area (Å²) < 4.78 is 32.0. The molecule has 0 atom stereocenters. The van der Waals surface area contributed by atoms with Crippen molar-refractivity contribution in [2.24, 2.45) is 5.92 Å². The second kappa shape index (κ2) is 8.46. The Balaban J connectivity index is 1.74. The fourth-order valence-electron chi connectivity index (χ4n) is 3.42. The number of sulfonamides is 1. The fourth-order valence-corrected chi connectivity index (χ4v) is 5.49. The lowest BCUT2D eigenvalue weighted by molar-refractivity contribution is 0.194. The van der Waals surface area contributed by atoms with Crippen molar-refractivity contribution in [2.45, 2.75) is 50.2 Å². The first kappa shape index (κ1) is 17.2. The van der Waals surface area contributed by atoms with Gasteiger partial charge in [0.1, 0.15) is 0 Å². The SMILES string of the molecule is COCCNCC1CCN(S(=O)(=O)C2CCCCC2)CC1. The molecule has 5 nitrogen and oxygen atoms in total. The molecule has 0 spiro atoms. The zero-order valence-corrected chi connectivity index (χ0v) is 14.0. The van der Waals surface area contributed by atoms with Crippen LogP contribution in [-0.2, 0) is 14.8 Å². The summed E-state index contributed by atoms with van der Waals surface area (Å²) in [5.41, 5.74) is 0. The monoisotopic (exact) mass is 318 g/mol. The molecule has 2 rings (SSSR count). The predicted molar refractivity (Wildman–Crippen MR) is 84.8 cm³/mol. The number of piperidine rings is 1. The Hall–Kier alpha value is -0.170. The molecule has 6 heteroatoms. The van der Waals surface area contributed by atoms with Gasteiger partial charge in [-0.05, 0) is 38.1 Å². The molecule has 0 radical (unpaired) electrons. The smallest absolute Gasteiger partial charge is 0.216 e. The van der Waals surface area contributed by atoms with Gasteiger partial charge in [-0.2, -0.15) is 0 Å². The van der Waals surface area contributed by atoms with E-state index < -0.39 is 10.0 Å². The van der Waals surface area contributed by atoms with Crippen LogP contribution < -0.4 is 5.32 Å². The molecule has 2 fully saturated rings. The van der Waals surface area contributed by atoms with Crippen molar-refractivity contribution in [3.8, 4) is 0 Å². The number of nitrogens with zero attached hydrogens (tertiary/aromatic N) is 1. The maximum atomic E-state index is 12.6. The van der Waals surface area contributed by atoms with Crippen molar-refractivity contribution in [3.05, 3.63) is 0 Å². The van der Waals surface area contributed by atoms with Crippen LogP contribution in [0.4, 0.5) is 0 Å². The molecular formula is C15H30N2O3S. The molecular weight excluding hydrogens is 288 g/mol. The van der Waals surface area contributed by atoms with Gasteiger partial charge < -0.3 is 10.1 Å². The zero-order valence-electron chi connectivity index (χ0n) is 13.2. The molecule has 1 saturated carbocycles. The molecule has 1 aliphatic heterocycles. The van der Waals surface area contributed by atoms with E-state index in [9.17, 15) is 8.42 Å². The van der Waals surface area contributed by atoms with E-state index >= 15 is 0 Å². The van der Waals surface area contributed by atoms with Gasteiger partial charge in [-0.1, -0.05) is 19.3 Å². The van der Waals surface area contributed by atoms with Gasteiger partial charge >= 0.3 is 0 Å². The first-order valence-electron chi connectivity index (χ1n) is 8.33. The Kier molecular flexibility index (Phi) is 6.92. The summed E-state index contributed by atoms with van der Waals surface area (Å²) in [4.78, 5) is 0. The Bertz CT molecular complexity index is 386. The summed E-state index contributed by atoms with van der Waals surface area (Å²) in [7, 11) is -1.34. The van der Waals surface area contributed by atoms with Crippen LogP contribution in [0, 0.1) is 5.92 Å². The van der Waals surface area contributed by atoms with Crippen molar-refractivity contribution in [1.82, 2.24) is 9.62 Å². The molecule has 1 N–H and O–H groups in total. The summed E-state index contributed by atoms with van der Waals surface area (Å²) >= 11 is 0. The third-order valence-electron chi connectivity index (χ3n) is 4.82. The molecule has 1 aliphatic carbocycles. The third-order valence-corrected chi connectivity index (χ3v) is 7.22. The van der Waals surface area contributed by atoms with Gasteiger partial charge in [0.05, 0.1) is 11.9 Å². The summed E-state index contributed by atoms with van der Waals surface area (Å²) in [6.45, 7) is 3.98. The van der Waals surface area contributed by atoms with Crippen molar-refractivity contribution < 1.29 is 13.2 Å². The van der Waals surface area contributed by atoms with Gasteiger partial charge in [0.15, 0.2) is 0 Å². The average molecular weight is 318 g/mol. The quantitative estimate of drug-likeness (QED) is 0.724. The van der Waals surface area contributed by atoms with Crippen LogP contribution in [0.25, 0.3) is 0 Å². The molecule has 1 saturated heterocycles. The topological polar surface area (TPSA) is 58.6 Å². The standard InChI is InChI=1S/C15H30N2O3S/c1-20-12-9-16-13-14-7-10-17(11-8-14)21(18,19)15-5-3-2-4-6-15/h14-16H,2-13H2,1H3. The second-order valence-electron chi connectivity index (χ2n) is 6.34. The molecule has 2 aliphatic rings. The van der Waals surface area contributed by atoms with Crippen LogP contribution in [0.5, 0.6) is 0 Å². The largest absolute Gasteiger partial charge is 0.383 e. The van der Waals surface area contributed by atoms with E-state index in [-0.39, 0.29) is 5.25 Å².